The first kappa shape index (κ1) is 39.8. The predicted octanol–water partition coefficient (Wildman–Crippen LogP) is 9.02. The molecular weight excluding hydrogens is 521 g/mol. The van der Waals surface area contributed by atoms with E-state index in [1.54, 1.807) is 7.11 Å². The zero-order valence-corrected chi connectivity index (χ0v) is 28.4. The lowest BCUT2D eigenvalue weighted by Gasteiger charge is -2.41. The smallest absolute Gasteiger partial charge is 0.193 e. The first-order valence-electron chi connectivity index (χ1n) is 16.7. The molecule has 0 aromatic carbocycles. The Hall–Kier alpha value is -0.230. The van der Waals surface area contributed by atoms with Crippen molar-refractivity contribution in [2.45, 2.75) is 154 Å². The molecule has 0 aliphatic carbocycles. The number of allylic oxidation sites excluding steroid dienone is 2. The third kappa shape index (κ3) is 23.3. The molecule has 0 aromatic rings. The number of unbranched alkanes of at least 4 members (excludes halogenated alkanes) is 16. The molecule has 2 unspecified atom stereocenters. The molecule has 0 aromatic heterocycles. The van der Waals surface area contributed by atoms with E-state index < -0.39 is 13.4 Å². The van der Waals surface area contributed by atoms with Crippen molar-refractivity contribution in [3.63, 3.8) is 0 Å². The largest absolute Gasteiger partial charge is 0.774 e. The summed E-state index contributed by atoms with van der Waals surface area (Å²) < 4.78 is 29.6. The summed E-state index contributed by atoms with van der Waals surface area (Å²) >= 11 is 0. The summed E-state index contributed by atoms with van der Waals surface area (Å²) in [6.45, 7) is 5.31. The van der Waals surface area contributed by atoms with Gasteiger partial charge in [0, 0.05) is 20.1 Å². The second-order valence-corrected chi connectivity index (χ2v) is 14.4. The molecule has 0 saturated carbocycles. The lowest BCUT2D eigenvalue weighted by atomic mass is 10.1. The molecule has 6 nitrogen and oxygen atoms in total. The number of quaternary nitrogens is 1. The second-order valence-electron chi connectivity index (χ2n) is 12.5. The molecule has 0 aliphatic heterocycles. The average molecular weight is 590 g/mol. The van der Waals surface area contributed by atoms with Crippen LogP contribution >= 0.6 is 7.60 Å². The van der Waals surface area contributed by atoms with E-state index in [0.29, 0.717) is 24.1 Å². The predicted molar refractivity (Wildman–Crippen MR) is 170 cm³/mol. The van der Waals surface area contributed by atoms with Gasteiger partial charge in [0.15, 0.2) is 13.4 Å². The van der Waals surface area contributed by atoms with Crippen molar-refractivity contribution in [2.75, 3.05) is 48.1 Å². The molecular formula is C33H68NO5P. The lowest BCUT2D eigenvalue weighted by Crippen LogP contribution is -2.47. The number of rotatable bonds is 30. The second kappa shape index (κ2) is 26.4. The summed E-state index contributed by atoms with van der Waals surface area (Å²) in [6.07, 6.45) is 29.6. The van der Waals surface area contributed by atoms with E-state index in [1.807, 2.05) is 28.1 Å². The molecule has 7 heteroatoms. The maximum atomic E-state index is 12.8. The maximum absolute atomic E-state index is 12.8. The van der Waals surface area contributed by atoms with Gasteiger partial charge < -0.3 is 27.9 Å². The Labute approximate surface area is 249 Å². The van der Waals surface area contributed by atoms with E-state index >= 15 is 0 Å². The molecule has 0 aliphatic rings. The van der Waals surface area contributed by atoms with Crippen LogP contribution in [0.3, 0.4) is 0 Å². The monoisotopic (exact) mass is 589 g/mol. The molecule has 0 bridgehead atoms. The molecule has 0 saturated heterocycles. The van der Waals surface area contributed by atoms with Crippen LogP contribution in [-0.4, -0.2) is 64.4 Å². The van der Waals surface area contributed by atoms with Gasteiger partial charge >= 0.3 is 0 Å². The minimum atomic E-state index is -4.01. The number of hydrogen-bond acceptors (Lipinski definition) is 5. The van der Waals surface area contributed by atoms with Gasteiger partial charge in [0.1, 0.15) is 6.10 Å². The van der Waals surface area contributed by atoms with Crippen molar-refractivity contribution in [2.24, 2.45) is 0 Å². The summed E-state index contributed by atoms with van der Waals surface area (Å²) in [5, 5.41) is 0. The Kier molecular flexibility index (Phi) is 26.2. The SMILES string of the molecule is CCCCCCCCC/C=C\CCCCCCCCCCCOC[C@H](COP(=O)([O-])C(CCC)[N+](C)(C)C)OC. The van der Waals surface area contributed by atoms with Crippen LogP contribution in [0.15, 0.2) is 12.2 Å². The minimum Gasteiger partial charge on any atom is -0.774 e. The van der Waals surface area contributed by atoms with Crippen molar-refractivity contribution in [3.8, 4) is 0 Å². The number of nitrogens with zero attached hydrogens (tertiary/aromatic N) is 1. The Balaban J connectivity index is 3.62. The fourth-order valence-electron chi connectivity index (χ4n) is 5.06. The zero-order valence-electron chi connectivity index (χ0n) is 27.5. The Morgan fingerprint density at radius 1 is 0.700 bits per heavy atom. The molecule has 0 amide bonds. The topological polar surface area (TPSA) is 67.8 Å². The van der Waals surface area contributed by atoms with Gasteiger partial charge in [-0.05, 0) is 38.5 Å². The van der Waals surface area contributed by atoms with Crippen LogP contribution in [0.4, 0.5) is 0 Å². The normalized spacial score (nSPS) is 15.5. The molecule has 240 valence electrons. The highest BCUT2D eigenvalue weighted by molar-refractivity contribution is 7.51. The van der Waals surface area contributed by atoms with Gasteiger partial charge in [-0.3, -0.25) is 0 Å². The highest BCUT2D eigenvalue weighted by Crippen LogP contribution is 2.48. The van der Waals surface area contributed by atoms with Crippen molar-refractivity contribution in [3.05, 3.63) is 12.2 Å². The molecule has 0 fully saturated rings. The summed E-state index contributed by atoms with van der Waals surface area (Å²) in [5.41, 5.74) is 0. The van der Waals surface area contributed by atoms with Crippen LogP contribution in [0.25, 0.3) is 0 Å². The molecule has 3 atom stereocenters. The molecule has 0 N–H and O–H groups in total. The number of ether oxygens (including phenoxy) is 2. The maximum Gasteiger partial charge on any atom is 0.193 e. The summed E-state index contributed by atoms with van der Waals surface area (Å²) in [6, 6.07) is 0. The Morgan fingerprint density at radius 3 is 1.62 bits per heavy atom. The van der Waals surface area contributed by atoms with Crippen LogP contribution in [0.5, 0.6) is 0 Å². The molecule has 0 radical (unpaired) electrons. The minimum absolute atomic E-state index is 0.00698. The van der Waals surface area contributed by atoms with Crippen LogP contribution in [0.1, 0.15) is 142 Å². The van der Waals surface area contributed by atoms with Crippen molar-refractivity contribution in [1.82, 2.24) is 0 Å². The third-order valence-corrected chi connectivity index (χ3v) is 9.87. The summed E-state index contributed by atoms with van der Waals surface area (Å²) in [7, 11) is 3.25. The van der Waals surface area contributed by atoms with Crippen LogP contribution in [0.2, 0.25) is 0 Å². The van der Waals surface area contributed by atoms with Gasteiger partial charge in [0.25, 0.3) is 0 Å². The Morgan fingerprint density at radius 2 is 1.18 bits per heavy atom. The quantitative estimate of drug-likeness (QED) is 0.0362. The van der Waals surface area contributed by atoms with E-state index in [-0.39, 0.29) is 12.7 Å². The van der Waals surface area contributed by atoms with Gasteiger partial charge in [-0.25, -0.2) is 0 Å². The van der Waals surface area contributed by atoms with Gasteiger partial charge in [0.2, 0.25) is 0 Å². The number of methoxy groups -OCH3 is 1. The number of hydrogen-bond donors (Lipinski definition) is 0. The van der Waals surface area contributed by atoms with Gasteiger partial charge in [-0.15, -0.1) is 0 Å². The summed E-state index contributed by atoms with van der Waals surface area (Å²) in [5.74, 6) is -0.553. The van der Waals surface area contributed by atoms with Crippen LogP contribution in [0, 0.1) is 0 Å². The van der Waals surface area contributed by atoms with Crippen molar-refractivity contribution in [1.29, 1.82) is 0 Å². The average Bonchev–Trinajstić information content (AvgIpc) is 2.91. The van der Waals surface area contributed by atoms with E-state index in [4.69, 9.17) is 14.0 Å². The van der Waals surface area contributed by atoms with E-state index in [0.717, 1.165) is 12.8 Å². The molecule has 0 heterocycles. The van der Waals surface area contributed by atoms with Crippen molar-refractivity contribution < 1.29 is 27.9 Å². The molecule has 0 spiro atoms. The van der Waals surface area contributed by atoms with Crippen molar-refractivity contribution >= 4 is 7.60 Å². The van der Waals surface area contributed by atoms with Gasteiger partial charge in [-0.1, -0.05) is 109 Å². The zero-order chi connectivity index (χ0) is 30.0. The highest BCUT2D eigenvalue weighted by atomic mass is 31.2. The van der Waals surface area contributed by atoms with Gasteiger partial charge in [-0.2, -0.15) is 0 Å². The fourth-order valence-corrected chi connectivity index (χ4v) is 7.03. The fraction of sp³-hybridized carbons (Fsp3) is 0.939. The van der Waals surface area contributed by atoms with E-state index in [2.05, 4.69) is 19.1 Å². The highest BCUT2D eigenvalue weighted by Gasteiger charge is 2.35. The first-order chi connectivity index (χ1) is 19.2. The molecule has 0 rings (SSSR count). The van der Waals surface area contributed by atoms with E-state index in [1.165, 1.54) is 109 Å². The Bertz CT molecular complexity index is 622. The standard InChI is InChI=1S/C33H68NO5P/c1-7-9-10-11-12-13-14-15-16-17-18-19-20-21-22-23-24-25-26-27-29-38-30-32(37-6)31-39-40(35,36)33(28-8-2)34(3,4)5/h16-17,32-33H,7-15,18-31H2,1-6H3/b17-16-/t32-,33?/m1/s1. The van der Waals surface area contributed by atoms with Crippen LogP contribution < -0.4 is 4.89 Å². The van der Waals surface area contributed by atoms with E-state index in [9.17, 15) is 9.46 Å². The molecule has 40 heavy (non-hydrogen) atoms. The lowest BCUT2D eigenvalue weighted by molar-refractivity contribution is -0.884. The van der Waals surface area contributed by atoms with Gasteiger partial charge in [0.05, 0.1) is 34.4 Å². The first-order valence-corrected chi connectivity index (χ1v) is 18.3. The third-order valence-electron chi connectivity index (χ3n) is 7.68. The summed E-state index contributed by atoms with van der Waals surface area (Å²) in [4.78, 5) is 12.8. The van der Waals surface area contributed by atoms with Crippen LogP contribution in [-0.2, 0) is 18.6 Å².